The first-order valence-corrected chi connectivity index (χ1v) is 8.88. The third kappa shape index (κ3) is 3.06. The standard InChI is InChI=1S/C21H21N3O2/c25-14-19(15-4-2-1-3-5-15)21(26)24-11-8-17-12-23-20(18(17)13-24)16-6-9-22-10-7-16/h1-7,9-10,19,25H,8,11-14H2. The number of carbonyl (C=O) groups is 1. The molecule has 5 heteroatoms. The van der Waals surface area contributed by atoms with Gasteiger partial charge in [-0.25, -0.2) is 0 Å². The van der Waals surface area contributed by atoms with E-state index in [9.17, 15) is 9.90 Å². The van der Waals surface area contributed by atoms with Crippen molar-refractivity contribution < 1.29 is 9.90 Å². The molecule has 1 atom stereocenters. The number of aliphatic hydroxyl groups excluding tert-OH is 1. The van der Waals surface area contributed by atoms with Crippen LogP contribution < -0.4 is 0 Å². The highest BCUT2D eigenvalue weighted by molar-refractivity contribution is 6.15. The van der Waals surface area contributed by atoms with Gasteiger partial charge in [0.05, 0.1) is 24.8 Å². The number of hydrogen-bond acceptors (Lipinski definition) is 4. The first-order valence-electron chi connectivity index (χ1n) is 8.88. The molecular weight excluding hydrogens is 326 g/mol. The molecule has 1 amide bonds. The minimum absolute atomic E-state index is 0.0220. The SMILES string of the molecule is O=C(C(CO)c1ccccc1)N1CCC2=C(C1)C(c1ccncc1)=NC2. The molecule has 26 heavy (non-hydrogen) atoms. The number of aliphatic imine (C=N–C) groups is 1. The Morgan fingerprint density at radius 1 is 1.15 bits per heavy atom. The van der Waals surface area contributed by atoms with Crippen LogP contribution in [0.25, 0.3) is 0 Å². The smallest absolute Gasteiger partial charge is 0.232 e. The van der Waals surface area contributed by atoms with Gasteiger partial charge in [-0.1, -0.05) is 30.3 Å². The zero-order valence-corrected chi connectivity index (χ0v) is 14.5. The van der Waals surface area contributed by atoms with Gasteiger partial charge < -0.3 is 10.0 Å². The Balaban J connectivity index is 1.56. The molecule has 2 aromatic rings. The lowest BCUT2D eigenvalue weighted by Crippen LogP contribution is -2.41. The molecule has 3 heterocycles. The average Bonchev–Trinajstić information content (AvgIpc) is 3.13. The molecule has 0 fully saturated rings. The van der Waals surface area contributed by atoms with E-state index < -0.39 is 5.92 Å². The summed E-state index contributed by atoms with van der Waals surface area (Å²) in [6.45, 7) is 1.77. The summed E-state index contributed by atoms with van der Waals surface area (Å²) in [5.74, 6) is -0.535. The van der Waals surface area contributed by atoms with Crippen molar-refractivity contribution >= 4 is 11.6 Å². The highest BCUT2D eigenvalue weighted by atomic mass is 16.3. The first kappa shape index (κ1) is 16.7. The molecule has 132 valence electrons. The van der Waals surface area contributed by atoms with E-state index in [1.165, 1.54) is 5.57 Å². The molecule has 2 aliphatic heterocycles. The summed E-state index contributed by atoms with van der Waals surface area (Å²) in [5.41, 5.74) is 5.34. The van der Waals surface area contributed by atoms with E-state index in [2.05, 4.69) is 4.98 Å². The third-order valence-corrected chi connectivity index (χ3v) is 5.12. The fraction of sp³-hybridized carbons (Fsp3) is 0.286. The van der Waals surface area contributed by atoms with Crippen molar-refractivity contribution in [1.82, 2.24) is 9.88 Å². The maximum Gasteiger partial charge on any atom is 0.232 e. The van der Waals surface area contributed by atoms with Gasteiger partial charge in [0.1, 0.15) is 0 Å². The lowest BCUT2D eigenvalue weighted by atomic mass is 9.93. The van der Waals surface area contributed by atoms with Gasteiger partial charge in [0.15, 0.2) is 0 Å². The second kappa shape index (κ2) is 7.22. The van der Waals surface area contributed by atoms with E-state index in [-0.39, 0.29) is 12.5 Å². The van der Waals surface area contributed by atoms with Gasteiger partial charge in [0.25, 0.3) is 0 Å². The Labute approximate surface area is 152 Å². The molecule has 0 aliphatic carbocycles. The summed E-state index contributed by atoms with van der Waals surface area (Å²) in [6.07, 6.45) is 4.37. The summed E-state index contributed by atoms with van der Waals surface area (Å²) in [6, 6.07) is 13.4. The number of benzene rings is 1. The fourth-order valence-corrected chi connectivity index (χ4v) is 3.68. The Hall–Kier alpha value is -2.79. The number of carbonyl (C=O) groups excluding carboxylic acids is 1. The van der Waals surface area contributed by atoms with Crippen LogP contribution in [0.5, 0.6) is 0 Å². The molecule has 1 unspecified atom stereocenters. The number of aromatic nitrogens is 1. The van der Waals surface area contributed by atoms with E-state index in [0.717, 1.165) is 35.4 Å². The predicted octanol–water partition coefficient (Wildman–Crippen LogP) is 2.19. The van der Waals surface area contributed by atoms with Crippen molar-refractivity contribution in [3.63, 3.8) is 0 Å². The van der Waals surface area contributed by atoms with Gasteiger partial charge in [0.2, 0.25) is 5.91 Å². The summed E-state index contributed by atoms with van der Waals surface area (Å²) in [4.78, 5) is 23.7. The largest absolute Gasteiger partial charge is 0.395 e. The average molecular weight is 347 g/mol. The second-order valence-corrected chi connectivity index (χ2v) is 6.64. The van der Waals surface area contributed by atoms with Gasteiger partial charge in [0, 0.05) is 31.0 Å². The molecule has 0 saturated carbocycles. The van der Waals surface area contributed by atoms with Crippen LogP contribution in [0.2, 0.25) is 0 Å². The summed E-state index contributed by atoms with van der Waals surface area (Å²) in [5, 5.41) is 9.81. The Morgan fingerprint density at radius 3 is 2.65 bits per heavy atom. The third-order valence-electron chi connectivity index (χ3n) is 5.12. The Bertz CT molecular complexity index is 859. The van der Waals surface area contributed by atoms with Crippen LogP contribution >= 0.6 is 0 Å². The molecule has 5 nitrogen and oxygen atoms in total. The van der Waals surface area contributed by atoms with E-state index in [4.69, 9.17) is 4.99 Å². The van der Waals surface area contributed by atoms with Crippen LogP contribution in [0.1, 0.15) is 23.5 Å². The minimum Gasteiger partial charge on any atom is -0.395 e. The van der Waals surface area contributed by atoms with Crippen LogP contribution in [0, 0.1) is 0 Å². The van der Waals surface area contributed by atoms with Gasteiger partial charge in [-0.3, -0.25) is 14.8 Å². The summed E-state index contributed by atoms with van der Waals surface area (Å²) in [7, 11) is 0. The predicted molar refractivity (Wildman–Crippen MR) is 100 cm³/mol. The summed E-state index contributed by atoms with van der Waals surface area (Å²) >= 11 is 0. The second-order valence-electron chi connectivity index (χ2n) is 6.64. The number of amides is 1. The zero-order valence-electron chi connectivity index (χ0n) is 14.5. The molecule has 0 spiro atoms. The topological polar surface area (TPSA) is 65.8 Å². The van der Waals surface area contributed by atoms with Crippen molar-refractivity contribution in [3.8, 4) is 0 Å². The zero-order chi connectivity index (χ0) is 17.9. The highest BCUT2D eigenvalue weighted by Crippen LogP contribution is 2.29. The monoisotopic (exact) mass is 347 g/mol. The van der Waals surface area contributed by atoms with Crippen molar-refractivity contribution in [2.45, 2.75) is 12.3 Å². The van der Waals surface area contributed by atoms with Gasteiger partial charge in [-0.2, -0.15) is 0 Å². The van der Waals surface area contributed by atoms with Crippen LogP contribution in [0.3, 0.4) is 0 Å². The van der Waals surface area contributed by atoms with Crippen LogP contribution in [-0.2, 0) is 4.79 Å². The molecular formula is C21H21N3O2. The van der Waals surface area contributed by atoms with Crippen molar-refractivity contribution in [2.75, 3.05) is 26.2 Å². The van der Waals surface area contributed by atoms with E-state index in [1.807, 2.05) is 47.4 Å². The van der Waals surface area contributed by atoms with Crippen LogP contribution in [0.4, 0.5) is 0 Å². The molecule has 0 bridgehead atoms. The fourth-order valence-electron chi connectivity index (χ4n) is 3.68. The molecule has 0 radical (unpaired) electrons. The molecule has 2 aliphatic rings. The lowest BCUT2D eigenvalue weighted by Gasteiger charge is -2.31. The van der Waals surface area contributed by atoms with E-state index >= 15 is 0 Å². The van der Waals surface area contributed by atoms with Gasteiger partial charge in [-0.05, 0) is 35.3 Å². The quantitative estimate of drug-likeness (QED) is 0.922. The number of aliphatic hydroxyl groups is 1. The van der Waals surface area contributed by atoms with E-state index in [0.29, 0.717) is 13.1 Å². The van der Waals surface area contributed by atoms with Crippen LogP contribution in [-0.4, -0.2) is 52.9 Å². The molecule has 0 saturated heterocycles. The van der Waals surface area contributed by atoms with Crippen molar-refractivity contribution in [1.29, 1.82) is 0 Å². The molecule has 1 aromatic heterocycles. The maximum absolute atomic E-state index is 13.1. The Morgan fingerprint density at radius 2 is 1.92 bits per heavy atom. The summed E-state index contributed by atoms with van der Waals surface area (Å²) < 4.78 is 0. The normalized spacial score (nSPS) is 17.7. The van der Waals surface area contributed by atoms with E-state index in [1.54, 1.807) is 12.4 Å². The van der Waals surface area contributed by atoms with Gasteiger partial charge >= 0.3 is 0 Å². The number of pyridine rings is 1. The maximum atomic E-state index is 13.1. The number of hydrogen-bond donors (Lipinski definition) is 1. The van der Waals surface area contributed by atoms with Gasteiger partial charge in [-0.15, -0.1) is 0 Å². The lowest BCUT2D eigenvalue weighted by molar-refractivity contribution is -0.133. The molecule has 1 N–H and O–H groups in total. The van der Waals surface area contributed by atoms with Crippen LogP contribution in [0.15, 0.2) is 71.0 Å². The minimum atomic E-state index is -0.513. The number of nitrogens with zero attached hydrogens (tertiary/aromatic N) is 3. The first-order chi connectivity index (χ1) is 12.8. The van der Waals surface area contributed by atoms with Crippen molar-refractivity contribution in [3.05, 3.63) is 77.1 Å². The number of rotatable bonds is 4. The highest BCUT2D eigenvalue weighted by Gasteiger charge is 2.32. The molecule has 4 rings (SSSR count). The Kier molecular flexibility index (Phi) is 4.63. The van der Waals surface area contributed by atoms with Crippen molar-refractivity contribution in [2.24, 2.45) is 4.99 Å². The molecule has 1 aromatic carbocycles.